The normalized spacial score (nSPS) is 24.5. The Morgan fingerprint density at radius 1 is 1.82 bits per heavy atom. The first-order valence-electron chi connectivity index (χ1n) is 3.87. The van der Waals surface area contributed by atoms with Gasteiger partial charge in [-0.15, -0.1) is 0 Å². The second-order valence-corrected chi connectivity index (χ2v) is 2.75. The first-order valence-corrected chi connectivity index (χ1v) is 3.87. The van der Waals surface area contributed by atoms with Gasteiger partial charge in [-0.1, -0.05) is 0 Å². The van der Waals surface area contributed by atoms with E-state index in [0.29, 0.717) is 19.7 Å². The molecule has 0 aliphatic carbocycles. The number of rotatable bonds is 3. The molecular weight excluding hydrogens is 143 g/mol. The van der Waals surface area contributed by atoms with E-state index >= 15 is 0 Å². The number of hydrogen-bond acceptors (Lipinski definition) is 3. The summed E-state index contributed by atoms with van der Waals surface area (Å²) in [6.07, 6.45) is 1.55. The third-order valence-corrected chi connectivity index (χ3v) is 1.84. The minimum Gasteiger partial charge on any atom is -0.427 e. The van der Waals surface area contributed by atoms with Crippen LogP contribution in [-0.4, -0.2) is 26.7 Å². The largest absolute Gasteiger partial charge is 0.427 e. The van der Waals surface area contributed by atoms with Crippen LogP contribution in [0.3, 0.4) is 0 Å². The van der Waals surface area contributed by atoms with Gasteiger partial charge < -0.3 is 15.7 Å². The topological polar surface area (TPSA) is 64.3 Å². The Morgan fingerprint density at radius 2 is 2.64 bits per heavy atom. The molecule has 0 aromatic carbocycles. The number of carbonyl (C=O) groups is 1. The van der Waals surface area contributed by atoms with Gasteiger partial charge in [-0.05, 0) is 12.2 Å². The fourth-order valence-electron chi connectivity index (χ4n) is 1.16. The molecule has 0 radical (unpaired) electrons. The first-order chi connectivity index (χ1) is 5.33. The van der Waals surface area contributed by atoms with Crippen LogP contribution in [0.1, 0.15) is 12.8 Å². The number of amides is 1. The van der Waals surface area contributed by atoms with E-state index in [9.17, 15) is 4.79 Å². The number of piperidine rings is 1. The number of nitrogens with one attached hydrogen (secondary N) is 1. The van der Waals surface area contributed by atoms with Gasteiger partial charge in [-0.25, -0.2) is 0 Å². The standard InChI is InChI=1S/C6H13BN2O2/c8-4-11-7-5-1-2-6(10)9-3-5/h5,7H,1-4,8H2,(H,9,10). The maximum Gasteiger partial charge on any atom is 0.281 e. The molecule has 1 heterocycles. The zero-order chi connectivity index (χ0) is 8.10. The predicted molar refractivity (Wildman–Crippen MR) is 43.3 cm³/mol. The average molecular weight is 156 g/mol. The van der Waals surface area contributed by atoms with Crippen molar-refractivity contribution in [3.05, 3.63) is 0 Å². The van der Waals surface area contributed by atoms with Crippen LogP contribution >= 0.6 is 0 Å². The molecule has 0 bridgehead atoms. The van der Waals surface area contributed by atoms with Crippen molar-refractivity contribution in [2.24, 2.45) is 5.73 Å². The quantitative estimate of drug-likeness (QED) is 0.405. The molecule has 3 N–H and O–H groups in total. The molecule has 11 heavy (non-hydrogen) atoms. The van der Waals surface area contributed by atoms with Crippen LogP contribution in [0.4, 0.5) is 0 Å². The van der Waals surface area contributed by atoms with Crippen LogP contribution in [0.2, 0.25) is 5.82 Å². The van der Waals surface area contributed by atoms with Crippen LogP contribution < -0.4 is 11.1 Å². The number of hydrogen-bond donors (Lipinski definition) is 2. The Kier molecular flexibility index (Phi) is 3.39. The highest BCUT2D eigenvalue weighted by Gasteiger charge is 2.18. The van der Waals surface area contributed by atoms with E-state index in [2.05, 4.69) is 5.32 Å². The number of nitrogens with two attached hydrogens (primary N) is 1. The summed E-state index contributed by atoms with van der Waals surface area (Å²) in [4.78, 5) is 10.7. The minimum absolute atomic E-state index is 0.147. The molecular formula is C6H13BN2O2. The lowest BCUT2D eigenvalue weighted by molar-refractivity contribution is -0.122. The van der Waals surface area contributed by atoms with Gasteiger partial charge in [0.2, 0.25) is 5.91 Å². The lowest BCUT2D eigenvalue weighted by Gasteiger charge is -2.20. The molecule has 4 nitrogen and oxygen atoms in total. The summed E-state index contributed by atoms with van der Waals surface area (Å²) in [6.45, 7) is 1.00. The lowest BCUT2D eigenvalue weighted by atomic mass is 9.75. The Hall–Kier alpha value is -0.545. The third kappa shape index (κ3) is 2.90. The van der Waals surface area contributed by atoms with Gasteiger partial charge in [0.1, 0.15) is 0 Å². The predicted octanol–water partition coefficient (Wildman–Crippen LogP) is -1.03. The Morgan fingerprint density at radius 3 is 3.18 bits per heavy atom. The Balaban J connectivity index is 2.12. The van der Waals surface area contributed by atoms with Crippen molar-refractivity contribution in [2.75, 3.05) is 13.3 Å². The summed E-state index contributed by atoms with van der Waals surface area (Å²) in [5.74, 6) is 0.602. The molecule has 1 unspecified atom stereocenters. The van der Waals surface area contributed by atoms with Crippen molar-refractivity contribution in [3.8, 4) is 0 Å². The fraction of sp³-hybridized carbons (Fsp3) is 0.833. The van der Waals surface area contributed by atoms with Gasteiger partial charge in [0, 0.05) is 13.0 Å². The number of carbonyl (C=O) groups excluding carboxylic acids is 1. The summed E-state index contributed by atoms with van der Waals surface area (Å²) >= 11 is 0. The van der Waals surface area contributed by atoms with Crippen LogP contribution in [0.15, 0.2) is 0 Å². The smallest absolute Gasteiger partial charge is 0.281 e. The van der Waals surface area contributed by atoms with Crippen molar-refractivity contribution in [3.63, 3.8) is 0 Å². The van der Waals surface area contributed by atoms with Gasteiger partial charge in [0.15, 0.2) is 0 Å². The molecule has 1 atom stereocenters. The van der Waals surface area contributed by atoms with E-state index in [1.807, 2.05) is 0 Å². The van der Waals surface area contributed by atoms with E-state index < -0.39 is 0 Å². The van der Waals surface area contributed by atoms with Gasteiger partial charge in [-0.3, -0.25) is 4.79 Å². The maximum absolute atomic E-state index is 10.7. The second kappa shape index (κ2) is 4.36. The molecule has 0 aromatic rings. The summed E-state index contributed by atoms with van der Waals surface area (Å²) in [7, 11) is 0.663. The van der Waals surface area contributed by atoms with Crippen molar-refractivity contribution in [2.45, 2.75) is 18.7 Å². The van der Waals surface area contributed by atoms with Crippen LogP contribution in [0, 0.1) is 0 Å². The zero-order valence-electron chi connectivity index (χ0n) is 6.51. The minimum atomic E-state index is 0.147. The summed E-state index contributed by atoms with van der Waals surface area (Å²) in [5.41, 5.74) is 5.16. The fourth-order valence-corrected chi connectivity index (χ4v) is 1.16. The van der Waals surface area contributed by atoms with E-state index in [4.69, 9.17) is 10.4 Å². The molecule has 0 saturated carbocycles. The van der Waals surface area contributed by atoms with Crippen molar-refractivity contribution in [1.29, 1.82) is 0 Å². The van der Waals surface area contributed by atoms with Crippen molar-refractivity contribution >= 4 is 13.4 Å². The Labute approximate surface area is 66.7 Å². The van der Waals surface area contributed by atoms with Crippen molar-refractivity contribution < 1.29 is 9.45 Å². The lowest BCUT2D eigenvalue weighted by Crippen LogP contribution is -2.35. The highest BCUT2D eigenvalue weighted by Crippen LogP contribution is 2.14. The van der Waals surface area contributed by atoms with E-state index in [-0.39, 0.29) is 12.6 Å². The van der Waals surface area contributed by atoms with Gasteiger partial charge >= 0.3 is 0 Å². The molecule has 1 amide bonds. The highest BCUT2D eigenvalue weighted by molar-refractivity contribution is 6.29. The van der Waals surface area contributed by atoms with Gasteiger partial charge in [0.25, 0.3) is 7.48 Å². The van der Waals surface area contributed by atoms with E-state index in [0.717, 1.165) is 13.0 Å². The first kappa shape index (κ1) is 8.55. The second-order valence-electron chi connectivity index (χ2n) is 2.75. The highest BCUT2D eigenvalue weighted by atomic mass is 16.4. The molecule has 1 aliphatic rings. The van der Waals surface area contributed by atoms with Crippen LogP contribution in [0.25, 0.3) is 0 Å². The van der Waals surface area contributed by atoms with E-state index in [1.54, 1.807) is 0 Å². The van der Waals surface area contributed by atoms with Gasteiger partial charge in [0.05, 0.1) is 6.73 Å². The summed E-state index contributed by atoms with van der Waals surface area (Å²) in [5, 5.41) is 2.78. The molecule has 0 aromatic heterocycles. The van der Waals surface area contributed by atoms with Crippen LogP contribution in [-0.2, 0) is 9.45 Å². The monoisotopic (exact) mass is 156 g/mol. The third-order valence-electron chi connectivity index (χ3n) is 1.84. The molecule has 1 aliphatic heterocycles. The Bertz CT molecular complexity index is 133. The molecule has 5 heteroatoms. The average Bonchev–Trinajstić information content (AvgIpc) is 2.04. The molecule has 1 saturated heterocycles. The molecule has 0 spiro atoms. The van der Waals surface area contributed by atoms with Crippen LogP contribution in [0.5, 0.6) is 0 Å². The molecule has 62 valence electrons. The SMILES string of the molecule is NCOBC1CCC(=O)NC1. The van der Waals surface area contributed by atoms with Crippen molar-refractivity contribution in [1.82, 2.24) is 5.32 Å². The zero-order valence-corrected chi connectivity index (χ0v) is 6.51. The van der Waals surface area contributed by atoms with Gasteiger partial charge in [-0.2, -0.15) is 0 Å². The summed E-state index contributed by atoms with van der Waals surface area (Å²) in [6, 6.07) is 0. The summed E-state index contributed by atoms with van der Waals surface area (Å²) < 4.78 is 5.03. The molecule has 1 fully saturated rings. The van der Waals surface area contributed by atoms with E-state index in [1.165, 1.54) is 0 Å². The molecule has 1 rings (SSSR count). The maximum atomic E-state index is 10.7.